The van der Waals surface area contributed by atoms with Crippen molar-refractivity contribution in [3.8, 4) is 0 Å². The van der Waals surface area contributed by atoms with Crippen molar-refractivity contribution in [2.75, 3.05) is 26.2 Å². The zero-order valence-electron chi connectivity index (χ0n) is 12.6. The van der Waals surface area contributed by atoms with Crippen molar-refractivity contribution in [1.82, 2.24) is 16.0 Å². The van der Waals surface area contributed by atoms with Gasteiger partial charge in [-0.25, -0.2) is 0 Å². The molecule has 5 heteroatoms. The second-order valence-electron chi connectivity index (χ2n) is 5.09. The Morgan fingerprint density at radius 2 is 1.58 bits per heavy atom. The molecule has 0 bridgehead atoms. The van der Waals surface area contributed by atoms with Crippen LogP contribution in [0.4, 0.5) is 0 Å². The number of amides is 2. The molecular formula is C14H35N3O2. The Labute approximate surface area is 121 Å². The first kappa shape index (κ1) is 17.9. The molecule has 0 aromatic heterocycles. The van der Waals surface area contributed by atoms with Crippen LogP contribution in [0, 0.1) is 5.92 Å². The molecule has 3 N–H and O–H groups in total. The summed E-state index contributed by atoms with van der Waals surface area (Å²) in [7, 11) is 0. The van der Waals surface area contributed by atoms with Crippen LogP contribution in [0.1, 0.15) is 50.7 Å². The topological polar surface area (TPSA) is 70.2 Å². The average Bonchev–Trinajstić information content (AvgIpc) is 2.37. The number of hydrogen-bond donors (Lipinski definition) is 3. The summed E-state index contributed by atoms with van der Waals surface area (Å²) in [4.78, 5) is 22.9. The van der Waals surface area contributed by atoms with E-state index in [1.165, 1.54) is 0 Å². The van der Waals surface area contributed by atoms with Gasteiger partial charge in [0.15, 0.2) is 0 Å². The van der Waals surface area contributed by atoms with Gasteiger partial charge in [0, 0.05) is 36.8 Å². The van der Waals surface area contributed by atoms with E-state index < -0.39 is 0 Å². The van der Waals surface area contributed by atoms with E-state index in [9.17, 15) is 9.59 Å². The molecule has 118 valence electrons. The van der Waals surface area contributed by atoms with E-state index in [0.29, 0.717) is 19.0 Å². The molecule has 5 nitrogen and oxygen atoms in total. The maximum absolute atomic E-state index is 11.5. The molecular weight excluding hydrogens is 242 g/mol. The minimum Gasteiger partial charge on any atom is -0.356 e. The van der Waals surface area contributed by atoms with E-state index in [0.717, 1.165) is 25.9 Å². The molecule has 0 atom stereocenters. The van der Waals surface area contributed by atoms with Gasteiger partial charge in [-0.3, -0.25) is 9.59 Å². The van der Waals surface area contributed by atoms with E-state index in [4.69, 9.17) is 0 Å². The van der Waals surface area contributed by atoms with Crippen molar-refractivity contribution >= 4 is 11.8 Å². The van der Waals surface area contributed by atoms with Gasteiger partial charge in [0.1, 0.15) is 0 Å². The SMILES string of the molecule is CCNCCNC(=O)CCC(=O)NCCCC(C)C.[HH].[HH].[HH]. The Morgan fingerprint density at radius 1 is 1.00 bits per heavy atom. The summed E-state index contributed by atoms with van der Waals surface area (Å²) in [6.07, 6.45) is 2.65. The molecule has 0 saturated heterocycles. The highest BCUT2D eigenvalue weighted by molar-refractivity contribution is 5.83. The van der Waals surface area contributed by atoms with Crippen molar-refractivity contribution in [3.63, 3.8) is 0 Å². The molecule has 2 amide bonds. The van der Waals surface area contributed by atoms with Crippen LogP contribution in [0.2, 0.25) is 0 Å². The Hall–Kier alpha value is -1.10. The maximum atomic E-state index is 11.5. The van der Waals surface area contributed by atoms with E-state index in [2.05, 4.69) is 29.8 Å². The standard InChI is InChI=1S/C14H29N3O2.3H2/c1-4-15-10-11-17-14(19)8-7-13(18)16-9-5-6-12(2)3;;;/h12,15H,4-11H2,1-3H3,(H,16,18)(H,17,19);3*1H. The molecule has 0 aromatic rings. The van der Waals surface area contributed by atoms with Gasteiger partial charge in [-0.1, -0.05) is 20.8 Å². The lowest BCUT2D eigenvalue weighted by atomic mass is 10.1. The van der Waals surface area contributed by atoms with Gasteiger partial charge >= 0.3 is 0 Å². The van der Waals surface area contributed by atoms with Crippen LogP contribution in [0.25, 0.3) is 0 Å². The van der Waals surface area contributed by atoms with Crippen LogP contribution in [0.3, 0.4) is 0 Å². The van der Waals surface area contributed by atoms with Crippen LogP contribution in [0.15, 0.2) is 0 Å². The van der Waals surface area contributed by atoms with Crippen molar-refractivity contribution < 1.29 is 13.9 Å². The average molecular weight is 277 g/mol. The van der Waals surface area contributed by atoms with Crippen LogP contribution in [-0.2, 0) is 9.59 Å². The van der Waals surface area contributed by atoms with E-state index in [1.54, 1.807) is 0 Å². The molecule has 19 heavy (non-hydrogen) atoms. The molecule has 0 aliphatic carbocycles. The third kappa shape index (κ3) is 13.1. The Morgan fingerprint density at radius 3 is 2.11 bits per heavy atom. The summed E-state index contributed by atoms with van der Waals surface area (Å²) in [6, 6.07) is 0. The molecule has 0 unspecified atom stereocenters. The predicted molar refractivity (Wildman–Crippen MR) is 84.2 cm³/mol. The predicted octanol–water partition coefficient (Wildman–Crippen LogP) is 1.78. The lowest BCUT2D eigenvalue weighted by molar-refractivity contribution is -0.126. The number of nitrogens with one attached hydrogen (secondary N) is 3. The first-order chi connectivity index (χ1) is 9.06. The summed E-state index contributed by atoms with van der Waals surface area (Å²) in [5.41, 5.74) is 0. The third-order valence-electron chi connectivity index (χ3n) is 2.73. The lowest BCUT2D eigenvalue weighted by Crippen LogP contribution is -2.33. The molecule has 0 aromatic carbocycles. The van der Waals surface area contributed by atoms with Crippen molar-refractivity contribution in [3.05, 3.63) is 0 Å². The minimum absolute atomic E-state index is 0. The highest BCUT2D eigenvalue weighted by atomic mass is 16.2. The maximum Gasteiger partial charge on any atom is 0.220 e. The zero-order chi connectivity index (χ0) is 14.5. The van der Waals surface area contributed by atoms with Crippen LogP contribution >= 0.6 is 0 Å². The van der Waals surface area contributed by atoms with Crippen molar-refractivity contribution in [2.45, 2.75) is 46.5 Å². The van der Waals surface area contributed by atoms with E-state index in [-0.39, 0.29) is 28.9 Å². The summed E-state index contributed by atoms with van der Waals surface area (Å²) >= 11 is 0. The third-order valence-corrected chi connectivity index (χ3v) is 2.73. The molecule has 0 saturated carbocycles. The lowest BCUT2D eigenvalue weighted by Gasteiger charge is -2.07. The van der Waals surface area contributed by atoms with E-state index in [1.807, 2.05) is 6.92 Å². The molecule has 0 aliphatic heterocycles. The van der Waals surface area contributed by atoms with Gasteiger partial charge in [0.25, 0.3) is 0 Å². The van der Waals surface area contributed by atoms with Crippen LogP contribution in [0.5, 0.6) is 0 Å². The molecule has 0 spiro atoms. The second-order valence-corrected chi connectivity index (χ2v) is 5.09. The van der Waals surface area contributed by atoms with Crippen LogP contribution in [-0.4, -0.2) is 38.0 Å². The fourth-order valence-electron chi connectivity index (χ4n) is 1.61. The fraction of sp³-hybridized carbons (Fsp3) is 0.857. The quantitative estimate of drug-likeness (QED) is 0.504. The van der Waals surface area contributed by atoms with E-state index >= 15 is 0 Å². The smallest absolute Gasteiger partial charge is 0.220 e. The number of carbonyl (C=O) groups is 2. The second kappa shape index (κ2) is 12.0. The first-order valence-electron chi connectivity index (χ1n) is 7.30. The van der Waals surface area contributed by atoms with Gasteiger partial charge in [0.2, 0.25) is 11.8 Å². The zero-order valence-corrected chi connectivity index (χ0v) is 12.6. The van der Waals surface area contributed by atoms with Gasteiger partial charge in [-0.2, -0.15) is 0 Å². The van der Waals surface area contributed by atoms with Crippen molar-refractivity contribution in [2.24, 2.45) is 5.92 Å². The van der Waals surface area contributed by atoms with Gasteiger partial charge in [0.05, 0.1) is 0 Å². The van der Waals surface area contributed by atoms with Crippen molar-refractivity contribution in [1.29, 1.82) is 0 Å². The van der Waals surface area contributed by atoms with Crippen LogP contribution < -0.4 is 16.0 Å². The highest BCUT2D eigenvalue weighted by Gasteiger charge is 2.05. The number of likely N-dealkylation sites (N-methyl/N-ethyl adjacent to an activating group) is 1. The normalized spacial score (nSPS) is 10.5. The van der Waals surface area contributed by atoms with Gasteiger partial charge in [-0.05, 0) is 25.3 Å². The summed E-state index contributed by atoms with van der Waals surface area (Å²) in [6.45, 7) is 9.34. The molecule has 0 fully saturated rings. The summed E-state index contributed by atoms with van der Waals surface area (Å²) < 4.78 is 0. The summed E-state index contributed by atoms with van der Waals surface area (Å²) in [5, 5.41) is 8.73. The first-order valence-corrected chi connectivity index (χ1v) is 7.30. The Bertz CT molecular complexity index is 268. The Kier molecular flexibility index (Phi) is 11.3. The van der Waals surface area contributed by atoms with Gasteiger partial charge in [-0.15, -0.1) is 0 Å². The Balaban J connectivity index is -0.000000540. The highest BCUT2D eigenvalue weighted by Crippen LogP contribution is 2.01. The monoisotopic (exact) mass is 277 g/mol. The van der Waals surface area contributed by atoms with Gasteiger partial charge < -0.3 is 16.0 Å². The minimum atomic E-state index is -0.0600. The summed E-state index contributed by atoms with van der Waals surface area (Å²) in [5.74, 6) is 0.570. The molecule has 0 heterocycles. The number of carbonyl (C=O) groups excluding carboxylic acids is 2. The molecule has 0 radical (unpaired) electrons. The number of rotatable bonds is 11. The molecule has 0 rings (SSSR count). The fourth-order valence-corrected chi connectivity index (χ4v) is 1.61. The molecule has 0 aliphatic rings. The largest absolute Gasteiger partial charge is 0.356 e. The number of hydrogen-bond acceptors (Lipinski definition) is 3.